The van der Waals surface area contributed by atoms with E-state index in [-0.39, 0.29) is 6.04 Å². The molecule has 0 spiro atoms. The van der Waals surface area contributed by atoms with Gasteiger partial charge in [0.1, 0.15) is 10.6 Å². The fraction of sp³-hybridized carbons (Fsp3) is 0.120. The van der Waals surface area contributed by atoms with Crippen LogP contribution in [0.15, 0.2) is 79.3 Å². The minimum atomic E-state index is -0.137. The fourth-order valence-electron chi connectivity index (χ4n) is 3.64. The number of anilines is 1. The van der Waals surface area contributed by atoms with Crippen LogP contribution in [0, 0.1) is 13.8 Å². The molecule has 1 N–H and O–H groups in total. The first-order valence-corrected chi connectivity index (χ1v) is 10.9. The number of benzene rings is 1. The van der Waals surface area contributed by atoms with Crippen LogP contribution in [-0.4, -0.2) is 19.9 Å². The molecule has 1 atom stereocenters. The van der Waals surface area contributed by atoms with Gasteiger partial charge in [-0.25, -0.2) is 9.97 Å². The first-order chi connectivity index (χ1) is 15.2. The van der Waals surface area contributed by atoms with Gasteiger partial charge in [-0.3, -0.25) is 9.97 Å². The zero-order valence-corrected chi connectivity index (χ0v) is 18.1. The van der Waals surface area contributed by atoms with Crippen molar-refractivity contribution in [2.45, 2.75) is 19.9 Å². The average molecular weight is 424 g/mol. The molecule has 152 valence electrons. The first kappa shape index (κ1) is 19.3. The summed E-state index contributed by atoms with van der Waals surface area (Å²) >= 11 is 1.69. The van der Waals surface area contributed by atoms with E-state index < -0.39 is 0 Å². The monoisotopic (exact) mass is 423 g/mol. The van der Waals surface area contributed by atoms with Crippen LogP contribution in [-0.2, 0) is 0 Å². The molecular weight excluding hydrogens is 402 g/mol. The molecule has 0 bridgehead atoms. The van der Waals surface area contributed by atoms with Crippen molar-refractivity contribution in [3.8, 4) is 11.4 Å². The van der Waals surface area contributed by atoms with Crippen LogP contribution in [0.4, 0.5) is 5.82 Å². The van der Waals surface area contributed by atoms with Crippen LogP contribution in [0.25, 0.3) is 21.6 Å². The smallest absolute Gasteiger partial charge is 0.164 e. The van der Waals surface area contributed by atoms with Crippen LogP contribution in [0.3, 0.4) is 0 Å². The van der Waals surface area contributed by atoms with E-state index in [1.807, 2.05) is 54.7 Å². The van der Waals surface area contributed by atoms with Crippen molar-refractivity contribution in [1.29, 1.82) is 0 Å². The average Bonchev–Trinajstić information content (AvgIpc) is 3.12. The second kappa shape index (κ2) is 8.24. The van der Waals surface area contributed by atoms with Gasteiger partial charge in [-0.2, -0.15) is 0 Å². The van der Waals surface area contributed by atoms with E-state index in [1.54, 1.807) is 23.7 Å². The van der Waals surface area contributed by atoms with Gasteiger partial charge in [0.2, 0.25) is 0 Å². The van der Waals surface area contributed by atoms with Crippen molar-refractivity contribution in [3.05, 3.63) is 101 Å². The van der Waals surface area contributed by atoms with Crippen LogP contribution in [0.2, 0.25) is 0 Å². The van der Waals surface area contributed by atoms with Crippen molar-refractivity contribution < 1.29 is 0 Å². The summed E-state index contributed by atoms with van der Waals surface area (Å²) in [7, 11) is 0. The molecule has 1 aromatic carbocycles. The Bertz CT molecular complexity index is 1280. The van der Waals surface area contributed by atoms with Crippen molar-refractivity contribution in [2.24, 2.45) is 0 Å². The van der Waals surface area contributed by atoms with Gasteiger partial charge in [0.15, 0.2) is 5.82 Å². The molecule has 0 aliphatic rings. The molecule has 5 rings (SSSR count). The van der Waals surface area contributed by atoms with E-state index in [0.717, 1.165) is 32.9 Å². The highest BCUT2D eigenvalue weighted by molar-refractivity contribution is 7.18. The fourth-order valence-corrected chi connectivity index (χ4v) is 4.66. The third kappa shape index (κ3) is 3.78. The molecule has 0 saturated carbocycles. The van der Waals surface area contributed by atoms with E-state index >= 15 is 0 Å². The summed E-state index contributed by atoms with van der Waals surface area (Å²) in [5.74, 6) is 1.47. The maximum absolute atomic E-state index is 4.95. The Morgan fingerprint density at radius 2 is 1.71 bits per heavy atom. The molecule has 1 unspecified atom stereocenters. The van der Waals surface area contributed by atoms with Crippen LogP contribution in [0.5, 0.6) is 0 Å². The number of hydrogen-bond acceptors (Lipinski definition) is 6. The number of fused-ring (bicyclic) bond motifs is 1. The Balaban J connectivity index is 1.69. The SMILES string of the molecule is Cc1sc2nc(-c3cccnc3)nc(NC(c3ccccc3)c3ccccn3)c2c1C. The van der Waals surface area contributed by atoms with Gasteiger partial charge in [-0.1, -0.05) is 36.4 Å². The highest BCUT2D eigenvalue weighted by Crippen LogP contribution is 2.37. The molecule has 5 aromatic rings. The van der Waals surface area contributed by atoms with E-state index in [9.17, 15) is 0 Å². The number of pyridine rings is 2. The molecule has 31 heavy (non-hydrogen) atoms. The predicted octanol–water partition coefficient (Wildman–Crippen LogP) is 5.97. The van der Waals surface area contributed by atoms with Crippen LogP contribution in [0.1, 0.15) is 27.7 Å². The number of thiophene rings is 1. The summed E-state index contributed by atoms with van der Waals surface area (Å²) in [4.78, 5) is 20.9. The third-order valence-electron chi connectivity index (χ3n) is 5.35. The lowest BCUT2D eigenvalue weighted by atomic mass is 10.0. The lowest BCUT2D eigenvalue weighted by Crippen LogP contribution is -2.15. The zero-order valence-electron chi connectivity index (χ0n) is 17.3. The quantitative estimate of drug-likeness (QED) is 0.377. The van der Waals surface area contributed by atoms with E-state index in [2.05, 4.69) is 41.3 Å². The maximum atomic E-state index is 4.95. The number of aryl methyl sites for hydroxylation is 2. The standard InChI is InChI=1S/C25H21N5S/c1-16-17(2)31-25-21(16)24(29-23(30-25)19-11-8-13-26-15-19)28-22(18-9-4-3-5-10-18)20-12-6-7-14-27-20/h3-15,22H,1-2H3,(H,28,29,30). The lowest BCUT2D eigenvalue weighted by Gasteiger charge is -2.20. The molecule has 0 aliphatic heterocycles. The van der Waals surface area contributed by atoms with Gasteiger partial charge in [-0.15, -0.1) is 11.3 Å². The summed E-state index contributed by atoms with van der Waals surface area (Å²) < 4.78 is 0. The molecule has 0 fully saturated rings. The first-order valence-electron chi connectivity index (χ1n) is 10.1. The Hall–Kier alpha value is -3.64. The van der Waals surface area contributed by atoms with Gasteiger partial charge in [-0.05, 0) is 49.2 Å². The molecule has 6 heteroatoms. The second-order valence-electron chi connectivity index (χ2n) is 7.34. The third-order valence-corrected chi connectivity index (χ3v) is 6.45. The predicted molar refractivity (Wildman–Crippen MR) is 126 cm³/mol. The second-order valence-corrected chi connectivity index (χ2v) is 8.55. The van der Waals surface area contributed by atoms with Gasteiger partial charge in [0.25, 0.3) is 0 Å². The summed E-state index contributed by atoms with van der Waals surface area (Å²) in [6.45, 7) is 4.26. The van der Waals surface area contributed by atoms with Crippen molar-refractivity contribution in [1.82, 2.24) is 19.9 Å². The van der Waals surface area contributed by atoms with Crippen molar-refractivity contribution >= 4 is 27.4 Å². The van der Waals surface area contributed by atoms with E-state index in [0.29, 0.717) is 5.82 Å². The molecule has 0 radical (unpaired) electrons. The number of nitrogens with one attached hydrogen (secondary N) is 1. The summed E-state index contributed by atoms with van der Waals surface area (Å²) in [5, 5.41) is 4.75. The minimum Gasteiger partial charge on any atom is -0.357 e. The summed E-state index contributed by atoms with van der Waals surface area (Å²) in [6.07, 6.45) is 5.38. The minimum absolute atomic E-state index is 0.137. The molecule has 0 amide bonds. The Morgan fingerprint density at radius 3 is 2.45 bits per heavy atom. The highest BCUT2D eigenvalue weighted by atomic mass is 32.1. The van der Waals surface area contributed by atoms with Crippen molar-refractivity contribution in [2.75, 3.05) is 5.32 Å². The Morgan fingerprint density at radius 1 is 0.871 bits per heavy atom. The van der Waals surface area contributed by atoms with E-state index in [4.69, 9.17) is 9.97 Å². The topological polar surface area (TPSA) is 63.6 Å². The number of rotatable bonds is 5. The van der Waals surface area contributed by atoms with Crippen molar-refractivity contribution in [3.63, 3.8) is 0 Å². The highest BCUT2D eigenvalue weighted by Gasteiger charge is 2.21. The normalized spacial score (nSPS) is 12.1. The van der Waals surface area contributed by atoms with Gasteiger partial charge >= 0.3 is 0 Å². The van der Waals surface area contributed by atoms with Gasteiger partial charge in [0.05, 0.1) is 17.1 Å². The Labute approximate surface area is 184 Å². The summed E-state index contributed by atoms with van der Waals surface area (Å²) in [6, 6.07) is 20.1. The zero-order chi connectivity index (χ0) is 21.2. The van der Waals surface area contributed by atoms with Gasteiger partial charge < -0.3 is 5.32 Å². The van der Waals surface area contributed by atoms with Gasteiger partial charge in [0, 0.05) is 29.0 Å². The number of nitrogens with zero attached hydrogens (tertiary/aromatic N) is 4. The molecule has 0 aliphatic carbocycles. The summed E-state index contributed by atoms with van der Waals surface area (Å²) in [5.41, 5.74) is 4.16. The lowest BCUT2D eigenvalue weighted by molar-refractivity contribution is 0.880. The number of hydrogen-bond donors (Lipinski definition) is 1. The Kier molecular flexibility index (Phi) is 5.14. The molecule has 0 saturated heterocycles. The number of aromatic nitrogens is 4. The van der Waals surface area contributed by atoms with Crippen LogP contribution < -0.4 is 5.32 Å². The van der Waals surface area contributed by atoms with Crippen LogP contribution >= 0.6 is 11.3 Å². The molecule has 4 aromatic heterocycles. The molecular formula is C25H21N5S. The largest absolute Gasteiger partial charge is 0.357 e. The van der Waals surface area contributed by atoms with E-state index in [1.165, 1.54) is 10.4 Å². The maximum Gasteiger partial charge on any atom is 0.164 e. The molecule has 5 nitrogen and oxygen atoms in total. The molecule has 4 heterocycles.